The minimum absolute atomic E-state index is 0.0723. The Morgan fingerprint density at radius 3 is 2.44 bits per heavy atom. The van der Waals surface area contributed by atoms with Crippen molar-refractivity contribution in [2.75, 3.05) is 53.6 Å². The maximum absolute atomic E-state index is 12.4. The second-order valence-corrected chi connectivity index (χ2v) is 6.36. The smallest absolute Gasteiger partial charge is 0.409 e. The number of hydrogen-bond acceptors (Lipinski definition) is 6. The number of carbonyl (C=O) groups excluding carboxylic acids is 2. The van der Waals surface area contributed by atoms with E-state index in [9.17, 15) is 9.59 Å². The fourth-order valence-electron chi connectivity index (χ4n) is 3.05. The molecule has 1 aliphatic heterocycles. The summed E-state index contributed by atoms with van der Waals surface area (Å²) in [6.07, 6.45) is -0.291. The van der Waals surface area contributed by atoms with Gasteiger partial charge in [-0.25, -0.2) is 4.79 Å². The summed E-state index contributed by atoms with van der Waals surface area (Å²) in [7, 11) is 3.20. The summed E-state index contributed by atoms with van der Waals surface area (Å²) in [5.74, 6) is 1.34. The number of rotatable bonds is 7. The van der Waals surface area contributed by atoms with E-state index in [4.69, 9.17) is 14.2 Å². The highest BCUT2D eigenvalue weighted by atomic mass is 16.6. The molecule has 0 radical (unpaired) electrons. The summed E-state index contributed by atoms with van der Waals surface area (Å²) in [6.45, 7) is 6.76. The van der Waals surface area contributed by atoms with Crippen LogP contribution in [-0.2, 0) is 9.53 Å². The van der Waals surface area contributed by atoms with Crippen LogP contribution in [-0.4, -0.2) is 75.4 Å². The maximum atomic E-state index is 12.4. The number of carbonyl (C=O) groups is 2. The molecule has 0 unspecified atom stereocenters. The average Bonchev–Trinajstić information content (AvgIpc) is 2.68. The molecule has 0 bridgehead atoms. The standard InChI is InChI=1S/C19H29N3O5/c1-5-27-19(24)22-10-8-21(9-11-22)13-18(23)20-14(2)16-12-15(25-3)6-7-17(16)26-4/h6-7,12,14H,5,8-11,13H2,1-4H3,(H,20,23)/t14-/m0/s1. The van der Waals surface area contributed by atoms with Crippen LogP contribution in [0.4, 0.5) is 4.79 Å². The van der Waals surface area contributed by atoms with E-state index in [1.807, 2.05) is 30.0 Å². The second kappa shape index (κ2) is 10.0. The number of amides is 2. The predicted octanol–water partition coefficient (Wildman–Crippen LogP) is 1.66. The Labute approximate surface area is 160 Å². The lowest BCUT2D eigenvalue weighted by Gasteiger charge is -2.33. The summed E-state index contributed by atoms with van der Waals surface area (Å²) in [6, 6.07) is 5.29. The van der Waals surface area contributed by atoms with Gasteiger partial charge in [-0.05, 0) is 32.0 Å². The third kappa shape index (κ3) is 5.75. The van der Waals surface area contributed by atoms with Gasteiger partial charge in [0, 0.05) is 31.7 Å². The largest absolute Gasteiger partial charge is 0.497 e. The topological polar surface area (TPSA) is 80.3 Å². The normalized spacial score (nSPS) is 15.8. The van der Waals surface area contributed by atoms with Gasteiger partial charge in [-0.3, -0.25) is 9.69 Å². The van der Waals surface area contributed by atoms with Crippen molar-refractivity contribution in [3.63, 3.8) is 0 Å². The molecular weight excluding hydrogens is 350 g/mol. The predicted molar refractivity (Wildman–Crippen MR) is 101 cm³/mol. The van der Waals surface area contributed by atoms with E-state index in [-0.39, 0.29) is 24.6 Å². The van der Waals surface area contributed by atoms with Crippen LogP contribution >= 0.6 is 0 Å². The van der Waals surface area contributed by atoms with Crippen molar-refractivity contribution in [2.24, 2.45) is 0 Å². The van der Waals surface area contributed by atoms with Crippen LogP contribution in [0.1, 0.15) is 25.5 Å². The lowest BCUT2D eigenvalue weighted by Crippen LogP contribution is -2.51. The summed E-state index contributed by atoms with van der Waals surface area (Å²) >= 11 is 0. The number of piperazine rings is 1. The van der Waals surface area contributed by atoms with E-state index >= 15 is 0 Å². The third-order valence-electron chi connectivity index (χ3n) is 4.55. The highest BCUT2D eigenvalue weighted by Gasteiger charge is 2.24. The molecule has 27 heavy (non-hydrogen) atoms. The van der Waals surface area contributed by atoms with Crippen molar-refractivity contribution in [3.8, 4) is 11.5 Å². The van der Waals surface area contributed by atoms with Crippen molar-refractivity contribution in [1.82, 2.24) is 15.1 Å². The highest BCUT2D eigenvalue weighted by Crippen LogP contribution is 2.29. The van der Waals surface area contributed by atoms with E-state index in [1.54, 1.807) is 26.0 Å². The van der Waals surface area contributed by atoms with Crippen molar-refractivity contribution in [1.29, 1.82) is 0 Å². The number of nitrogens with one attached hydrogen (secondary N) is 1. The van der Waals surface area contributed by atoms with Crippen LogP contribution in [0.2, 0.25) is 0 Å². The molecule has 8 nitrogen and oxygen atoms in total. The molecule has 1 saturated heterocycles. The number of hydrogen-bond donors (Lipinski definition) is 1. The zero-order valence-electron chi connectivity index (χ0n) is 16.5. The molecule has 0 spiro atoms. The molecule has 8 heteroatoms. The molecule has 2 amide bonds. The fourth-order valence-corrected chi connectivity index (χ4v) is 3.05. The van der Waals surface area contributed by atoms with Crippen molar-refractivity contribution >= 4 is 12.0 Å². The Morgan fingerprint density at radius 2 is 1.85 bits per heavy atom. The Morgan fingerprint density at radius 1 is 1.15 bits per heavy atom. The molecule has 1 heterocycles. The Hall–Kier alpha value is -2.48. The van der Waals surface area contributed by atoms with Crippen LogP contribution in [0.3, 0.4) is 0 Å². The van der Waals surface area contributed by atoms with E-state index in [0.717, 1.165) is 5.56 Å². The lowest BCUT2D eigenvalue weighted by atomic mass is 10.1. The minimum atomic E-state index is -0.291. The molecule has 1 aromatic rings. The number of benzene rings is 1. The molecule has 2 rings (SSSR count). The van der Waals surface area contributed by atoms with Crippen LogP contribution in [0.15, 0.2) is 18.2 Å². The zero-order valence-corrected chi connectivity index (χ0v) is 16.5. The molecule has 1 N–H and O–H groups in total. The van der Waals surface area contributed by atoms with Crippen molar-refractivity contribution < 1.29 is 23.8 Å². The highest BCUT2D eigenvalue weighted by molar-refractivity contribution is 5.78. The van der Waals surface area contributed by atoms with E-state index in [1.165, 1.54) is 0 Å². The van der Waals surface area contributed by atoms with Gasteiger partial charge in [0.05, 0.1) is 33.4 Å². The number of nitrogens with zero attached hydrogens (tertiary/aromatic N) is 2. The summed E-state index contributed by atoms with van der Waals surface area (Å²) in [5.41, 5.74) is 0.859. The zero-order chi connectivity index (χ0) is 19.8. The van der Waals surface area contributed by atoms with Crippen molar-refractivity contribution in [3.05, 3.63) is 23.8 Å². The molecule has 1 fully saturated rings. The molecule has 1 atom stereocenters. The van der Waals surface area contributed by atoms with Crippen LogP contribution < -0.4 is 14.8 Å². The quantitative estimate of drug-likeness (QED) is 0.776. The van der Waals surface area contributed by atoms with Gasteiger partial charge in [-0.2, -0.15) is 0 Å². The molecule has 1 aromatic carbocycles. The summed E-state index contributed by atoms with van der Waals surface area (Å²) in [4.78, 5) is 27.9. The fraction of sp³-hybridized carbons (Fsp3) is 0.579. The average molecular weight is 379 g/mol. The Kier molecular flexibility index (Phi) is 7.72. The third-order valence-corrected chi connectivity index (χ3v) is 4.55. The first-order valence-corrected chi connectivity index (χ1v) is 9.13. The van der Waals surface area contributed by atoms with Gasteiger partial charge >= 0.3 is 6.09 Å². The molecular formula is C19H29N3O5. The number of methoxy groups -OCH3 is 2. The molecule has 0 saturated carbocycles. The van der Waals surface area contributed by atoms with Gasteiger partial charge in [-0.15, -0.1) is 0 Å². The first-order chi connectivity index (χ1) is 13.0. The lowest BCUT2D eigenvalue weighted by molar-refractivity contribution is -0.123. The first-order valence-electron chi connectivity index (χ1n) is 9.13. The van der Waals surface area contributed by atoms with Gasteiger partial charge < -0.3 is 24.4 Å². The van der Waals surface area contributed by atoms with Crippen LogP contribution in [0, 0.1) is 0 Å². The van der Waals surface area contributed by atoms with Crippen molar-refractivity contribution in [2.45, 2.75) is 19.9 Å². The Balaban J connectivity index is 1.86. The molecule has 0 aromatic heterocycles. The minimum Gasteiger partial charge on any atom is -0.497 e. The maximum Gasteiger partial charge on any atom is 0.409 e. The van der Waals surface area contributed by atoms with Gasteiger partial charge in [0.25, 0.3) is 0 Å². The van der Waals surface area contributed by atoms with E-state index < -0.39 is 0 Å². The van der Waals surface area contributed by atoms with E-state index in [0.29, 0.717) is 44.3 Å². The summed E-state index contributed by atoms with van der Waals surface area (Å²) < 4.78 is 15.7. The van der Waals surface area contributed by atoms with E-state index in [2.05, 4.69) is 5.32 Å². The first kappa shape index (κ1) is 20.8. The molecule has 1 aliphatic rings. The number of ether oxygens (including phenoxy) is 3. The SMILES string of the molecule is CCOC(=O)N1CCN(CC(=O)N[C@@H](C)c2cc(OC)ccc2OC)CC1. The molecule has 150 valence electrons. The van der Waals surface area contributed by atoms with Gasteiger partial charge in [0.15, 0.2) is 0 Å². The van der Waals surface area contributed by atoms with Crippen LogP contribution in [0.25, 0.3) is 0 Å². The Bertz CT molecular complexity index is 644. The summed E-state index contributed by atoms with van der Waals surface area (Å²) in [5, 5.41) is 3.00. The van der Waals surface area contributed by atoms with Gasteiger partial charge in [0.2, 0.25) is 5.91 Å². The second-order valence-electron chi connectivity index (χ2n) is 6.36. The monoisotopic (exact) mass is 379 g/mol. The van der Waals surface area contributed by atoms with Gasteiger partial charge in [0.1, 0.15) is 11.5 Å². The molecule has 0 aliphatic carbocycles. The van der Waals surface area contributed by atoms with Gasteiger partial charge in [-0.1, -0.05) is 0 Å². The van der Waals surface area contributed by atoms with Crippen LogP contribution in [0.5, 0.6) is 11.5 Å².